The molecule has 0 spiro atoms. The number of hydrogen-bond acceptors (Lipinski definition) is 3. The first kappa shape index (κ1) is 15.7. The van der Waals surface area contributed by atoms with Gasteiger partial charge in [0.2, 0.25) is 0 Å². The topological polar surface area (TPSA) is 38.3 Å². The second-order valence-corrected chi connectivity index (χ2v) is 5.55. The minimum Gasteiger partial charge on any atom is -0.468 e. The van der Waals surface area contributed by atoms with Gasteiger partial charge in [0.05, 0.1) is 7.11 Å². The molecule has 1 aromatic rings. The Morgan fingerprint density at radius 2 is 1.63 bits per heavy atom. The molecule has 1 unspecified atom stereocenters. The number of aryl methyl sites for hydroxylation is 2. The summed E-state index contributed by atoms with van der Waals surface area (Å²) in [7, 11) is 1.43. The fourth-order valence-corrected chi connectivity index (χ4v) is 2.29. The number of ether oxygens (including phenoxy) is 1. The fourth-order valence-electron chi connectivity index (χ4n) is 2.29. The standard InChI is InChI=1S/C16H25NO2/c1-10(2)15(16(18)19-6)17-13(5)14-8-11(3)7-12(4)9-14/h7-10,13,15,17H,1-6H3/t13?,15-/m0/s1. The molecule has 0 saturated carbocycles. The molecule has 0 aliphatic heterocycles. The largest absolute Gasteiger partial charge is 0.468 e. The summed E-state index contributed by atoms with van der Waals surface area (Å²) in [5.41, 5.74) is 3.68. The number of benzene rings is 1. The highest BCUT2D eigenvalue weighted by Crippen LogP contribution is 2.18. The molecular formula is C16H25NO2. The van der Waals surface area contributed by atoms with Crippen molar-refractivity contribution in [2.24, 2.45) is 5.92 Å². The molecule has 19 heavy (non-hydrogen) atoms. The van der Waals surface area contributed by atoms with Gasteiger partial charge in [-0.2, -0.15) is 0 Å². The molecule has 2 atom stereocenters. The van der Waals surface area contributed by atoms with Crippen molar-refractivity contribution in [2.45, 2.75) is 46.7 Å². The third-order valence-electron chi connectivity index (χ3n) is 3.30. The molecule has 0 radical (unpaired) electrons. The van der Waals surface area contributed by atoms with E-state index < -0.39 is 0 Å². The van der Waals surface area contributed by atoms with Crippen LogP contribution in [0.25, 0.3) is 0 Å². The van der Waals surface area contributed by atoms with Gasteiger partial charge in [0.1, 0.15) is 6.04 Å². The first-order valence-corrected chi connectivity index (χ1v) is 6.77. The monoisotopic (exact) mass is 263 g/mol. The van der Waals surface area contributed by atoms with Crippen LogP contribution in [-0.4, -0.2) is 19.1 Å². The minimum atomic E-state index is -0.277. The number of carbonyl (C=O) groups is 1. The predicted octanol–water partition coefficient (Wildman–Crippen LogP) is 3.15. The predicted molar refractivity (Wildman–Crippen MR) is 78.1 cm³/mol. The Labute approximate surface area is 116 Å². The highest BCUT2D eigenvalue weighted by Gasteiger charge is 2.24. The molecule has 0 amide bonds. The Hall–Kier alpha value is -1.35. The molecule has 3 nitrogen and oxygen atoms in total. The summed E-state index contributed by atoms with van der Waals surface area (Å²) >= 11 is 0. The van der Waals surface area contributed by atoms with Crippen LogP contribution in [0.15, 0.2) is 18.2 Å². The lowest BCUT2D eigenvalue weighted by Gasteiger charge is -2.25. The van der Waals surface area contributed by atoms with Crippen molar-refractivity contribution < 1.29 is 9.53 Å². The Bertz CT molecular complexity index is 420. The molecule has 0 bridgehead atoms. The van der Waals surface area contributed by atoms with Gasteiger partial charge >= 0.3 is 5.97 Å². The van der Waals surface area contributed by atoms with Gasteiger partial charge in [0, 0.05) is 6.04 Å². The molecule has 0 aromatic heterocycles. The van der Waals surface area contributed by atoms with E-state index >= 15 is 0 Å². The summed E-state index contributed by atoms with van der Waals surface area (Å²) in [6.45, 7) is 10.3. The molecule has 0 aliphatic carbocycles. The lowest BCUT2D eigenvalue weighted by molar-refractivity contribution is -0.144. The third kappa shape index (κ3) is 4.35. The summed E-state index contributed by atoms with van der Waals surface area (Å²) in [4.78, 5) is 11.8. The quantitative estimate of drug-likeness (QED) is 0.829. The molecule has 3 heteroatoms. The number of esters is 1. The van der Waals surface area contributed by atoms with Crippen LogP contribution in [0.3, 0.4) is 0 Å². The van der Waals surface area contributed by atoms with Crippen molar-refractivity contribution in [1.82, 2.24) is 5.32 Å². The van der Waals surface area contributed by atoms with Gasteiger partial charge in [0.15, 0.2) is 0 Å². The van der Waals surface area contributed by atoms with Gasteiger partial charge in [-0.15, -0.1) is 0 Å². The third-order valence-corrected chi connectivity index (χ3v) is 3.30. The van der Waals surface area contributed by atoms with E-state index in [2.05, 4.69) is 44.3 Å². The summed E-state index contributed by atoms with van der Waals surface area (Å²) < 4.78 is 4.86. The van der Waals surface area contributed by atoms with Crippen LogP contribution in [-0.2, 0) is 9.53 Å². The molecule has 0 fully saturated rings. The first-order valence-electron chi connectivity index (χ1n) is 6.77. The zero-order valence-corrected chi connectivity index (χ0v) is 12.8. The van der Waals surface area contributed by atoms with E-state index in [1.165, 1.54) is 23.8 Å². The van der Waals surface area contributed by atoms with E-state index in [1.807, 2.05) is 13.8 Å². The minimum absolute atomic E-state index is 0.116. The van der Waals surface area contributed by atoms with E-state index in [4.69, 9.17) is 4.74 Å². The summed E-state index contributed by atoms with van der Waals surface area (Å²) in [5.74, 6) is -0.00738. The van der Waals surface area contributed by atoms with E-state index in [-0.39, 0.29) is 24.0 Å². The second kappa shape index (κ2) is 6.71. The molecule has 1 N–H and O–H groups in total. The average Bonchev–Trinajstić information content (AvgIpc) is 2.33. The van der Waals surface area contributed by atoms with E-state index in [1.54, 1.807) is 0 Å². The van der Waals surface area contributed by atoms with Crippen molar-refractivity contribution in [1.29, 1.82) is 0 Å². The molecule has 106 valence electrons. The van der Waals surface area contributed by atoms with Crippen molar-refractivity contribution >= 4 is 5.97 Å². The van der Waals surface area contributed by atoms with Crippen LogP contribution in [0.2, 0.25) is 0 Å². The van der Waals surface area contributed by atoms with Crippen LogP contribution in [0.4, 0.5) is 0 Å². The number of nitrogens with one attached hydrogen (secondary N) is 1. The molecule has 0 saturated heterocycles. The van der Waals surface area contributed by atoms with Crippen LogP contribution in [0, 0.1) is 19.8 Å². The van der Waals surface area contributed by atoms with Crippen LogP contribution in [0.5, 0.6) is 0 Å². The lowest BCUT2D eigenvalue weighted by atomic mass is 9.99. The maximum Gasteiger partial charge on any atom is 0.323 e. The molecule has 0 aliphatic rings. The van der Waals surface area contributed by atoms with Gasteiger partial charge in [-0.3, -0.25) is 10.1 Å². The van der Waals surface area contributed by atoms with E-state index in [0.29, 0.717) is 0 Å². The highest BCUT2D eigenvalue weighted by molar-refractivity contribution is 5.76. The van der Waals surface area contributed by atoms with Crippen molar-refractivity contribution in [3.05, 3.63) is 34.9 Å². The van der Waals surface area contributed by atoms with Crippen molar-refractivity contribution in [3.63, 3.8) is 0 Å². The molecule has 0 heterocycles. The fraction of sp³-hybridized carbons (Fsp3) is 0.562. The first-order chi connectivity index (χ1) is 8.85. The smallest absolute Gasteiger partial charge is 0.323 e. The Balaban J connectivity index is 2.87. The van der Waals surface area contributed by atoms with E-state index in [0.717, 1.165) is 0 Å². The van der Waals surface area contributed by atoms with Crippen molar-refractivity contribution in [2.75, 3.05) is 7.11 Å². The van der Waals surface area contributed by atoms with Gasteiger partial charge in [0.25, 0.3) is 0 Å². The van der Waals surface area contributed by atoms with Crippen LogP contribution in [0.1, 0.15) is 43.5 Å². The lowest BCUT2D eigenvalue weighted by Crippen LogP contribution is -2.43. The maximum atomic E-state index is 11.8. The Kier molecular flexibility index (Phi) is 5.55. The maximum absolute atomic E-state index is 11.8. The SMILES string of the molecule is COC(=O)[C@@H](NC(C)c1cc(C)cc(C)c1)C(C)C. The zero-order valence-electron chi connectivity index (χ0n) is 12.8. The summed E-state index contributed by atoms with van der Waals surface area (Å²) in [6, 6.07) is 6.29. The number of hydrogen-bond donors (Lipinski definition) is 1. The van der Waals surface area contributed by atoms with Crippen LogP contribution >= 0.6 is 0 Å². The van der Waals surface area contributed by atoms with Gasteiger partial charge in [-0.05, 0) is 32.3 Å². The van der Waals surface area contributed by atoms with E-state index in [9.17, 15) is 4.79 Å². The number of methoxy groups -OCH3 is 1. The second-order valence-electron chi connectivity index (χ2n) is 5.55. The van der Waals surface area contributed by atoms with Gasteiger partial charge in [-0.1, -0.05) is 43.2 Å². The van der Waals surface area contributed by atoms with Gasteiger partial charge < -0.3 is 4.74 Å². The van der Waals surface area contributed by atoms with Crippen molar-refractivity contribution in [3.8, 4) is 0 Å². The zero-order chi connectivity index (χ0) is 14.6. The normalized spacial score (nSPS) is 14.3. The van der Waals surface area contributed by atoms with Crippen LogP contribution < -0.4 is 5.32 Å². The number of carbonyl (C=O) groups excluding carboxylic acids is 1. The Morgan fingerprint density at radius 1 is 1.11 bits per heavy atom. The summed E-state index contributed by atoms with van der Waals surface area (Å²) in [5, 5.41) is 3.36. The Morgan fingerprint density at radius 3 is 2.05 bits per heavy atom. The molecular weight excluding hydrogens is 238 g/mol. The molecule has 1 rings (SSSR count). The molecule has 1 aromatic carbocycles. The number of rotatable bonds is 5. The highest BCUT2D eigenvalue weighted by atomic mass is 16.5. The summed E-state index contributed by atoms with van der Waals surface area (Å²) in [6.07, 6.45) is 0. The average molecular weight is 263 g/mol. The van der Waals surface area contributed by atoms with Gasteiger partial charge in [-0.25, -0.2) is 0 Å².